The van der Waals surface area contributed by atoms with Gasteiger partial charge in [-0.3, -0.25) is 4.98 Å². The van der Waals surface area contributed by atoms with Crippen molar-refractivity contribution in [1.82, 2.24) is 9.88 Å². The molecule has 0 aliphatic carbocycles. The highest BCUT2D eigenvalue weighted by Gasteiger charge is 2.37. The molecule has 0 radical (unpaired) electrons. The van der Waals surface area contributed by atoms with Gasteiger partial charge in [0.1, 0.15) is 11.9 Å². The first-order valence-electron chi connectivity index (χ1n) is 7.67. The Morgan fingerprint density at radius 3 is 2.59 bits per heavy atom. The number of hydrogen-bond acceptors (Lipinski definition) is 4. The fraction of sp³-hybridized carbons (Fsp3) is 0.588. The fourth-order valence-corrected chi connectivity index (χ4v) is 2.71. The van der Waals surface area contributed by atoms with Crippen LogP contribution in [-0.2, 0) is 16.0 Å². The number of carbonyl (C=O) groups excluding carboxylic acids is 2. The summed E-state index contributed by atoms with van der Waals surface area (Å²) in [7, 11) is 0. The van der Waals surface area contributed by atoms with Gasteiger partial charge in [0, 0.05) is 30.9 Å². The molecule has 1 saturated heterocycles. The zero-order valence-corrected chi connectivity index (χ0v) is 13.5. The maximum absolute atomic E-state index is 12.1. The number of nitrogens with zero attached hydrogens (tertiary/aromatic N) is 2. The highest BCUT2D eigenvalue weighted by atomic mass is 16.6. The summed E-state index contributed by atoms with van der Waals surface area (Å²) in [6, 6.07) is 3.86. The summed E-state index contributed by atoms with van der Waals surface area (Å²) in [5.41, 5.74) is 0.161. The largest absolute Gasteiger partial charge is 0.444 e. The van der Waals surface area contributed by atoms with Crippen LogP contribution in [0.1, 0.15) is 39.2 Å². The molecule has 0 unspecified atom stereocenters. The van der Waals surface area contributed by atoms with Crippen LogP contribution in [0.25, 0.3) is 0 Å². The van der Waals surface area contributed by atoms with E-state index in [0.29, 0.717) is 32.4 Å². The van der Waals surface area contributed by atoms with E-state index in [1.54, 1.807) is 17.3 Å². The van der Waals surface area contributed by atoms with Crippen LogP contribution in [0.3, 0.4) is 0 Å². The molecular weight excluding hydrogens is 280 g/mol. The lowest BCUT2D eigenvalue weighted by molar-refractivity contribution is -0.118. The summed E-state index contributed by atoms with van der Waals surface area (Å²) < 4.78 is 5.39. The standard InChI is InChI=1S/C17H24N2O3/c1-16(2,3)22-15(21)19-9-6-17(13-20,7-10-19)11-14-5-4-8-18-12-14/h4-5,8,12-13H,6-7,9-11H2,1-3H3. The van der Waals surface area contributed by atoms with E-state index in [9.17, 15) is 9.59 Å². The van der Waals surface area contributed by atoms with Crippen molar-refractivity contribution in [3.63, 3.8) is 0 Å². The summed E-state index contributed by atoms with van der Waals surface area (Å²) in [6.45, 7) is 6.66. The molecule has 0 spiro atoms. The Morgan fingerprint density at radius 1 is 1.41 bits per heavy atom. The number of carbonyl (C=O) groups is 2. The molecule has 0 aromatic carbocycles. The van der Waals surface area contributed by atoms with Crippen molar-refractivity contribution in [2.24, 2.45) is 5.41 Å². The van der Waals surface area contributed by atoms with E-state index < -0.39 is 11.0 Å². The number of hydrogen-bond donors (Lipinski definition) is 0. The summed E-state index contributed by atoms with van der Waals surface area (Å²) in [5, 5.41) is 0. The Balaban J connectivity index is 1.96. The van der Waals surface area contributed by atoms with Gasteiger partial charge in [-0.25, -0.2) is 4.79 Å². The Kier molecular flexibility index (Phi) is 4.84. The molecule has 0 saturated carbocycles. The molecule has 5 heteroatoms. The van der Waals surface area contributed by atoms with E-state index in [-0.39, 0.29) is 6.09 Å². The number of pyridine rings is 1. The molecule has 0 N–H and O–H groups in total. The first-order valence-corrected chi connectivity index (χ1v) is 7.67. The van der Waals surface area contributed by atoms with Crippen LogP contribution in [-0.4, -0.2) is 41.0 Å². The average Bonchev–Trinajstić information content (AvgIpc) is 2.47. The highest BCUT2D eigenvalue weighted by molar-refractivity contribution is 5.69. The Labute approximate surface area is 131 Å². The van der Waals surface area contributed by atoms with E-state index in [0.717, 1.165) is 11.8 Å². The number of aromatic nitrogens is 1. The maximum atomic E-state index is 12.1. The lowest BCUT2D eigenvalue weighted by atomic mass is 9.75. The second-order valence-electron chi connectivity index (χ2n) is 6.99. The van der Waals surface area contributed by atoms with Gasteiger partial charge in [-0.1, -0.05) is 6.07 Å². The zero-order chi connectivity index (χ0) is 16.2. The molecule has 1 fully saturated rings. The average molecular weight is 304 g/mol. The van der Waals surface area contributed by atoms with E-state index in [2.05, 4.69) is 4.98 Å². The molecule has 1 aromatic rings. The van der Waals surface area contributed by atoms with Gasteiger partial charge in [0.15, 0.2) is 0 Å². The highest BCUT2D eigenvalue weighted by Crippen LogP contribution is 2.33. The minimum absolute atomic E-state index is 0.298. The predicted octanol–water partition coefficient (Wildman–Crippen LogP) is 2.84. The van der Waals surface area contributed by atoms with Crippen LogP contribution >= 0.6 is 0 Å². The molecule has 1 aliphatic heterocycles. The minimum Gasteiger partial charge on any atom is -0.444 e. The van der Waals surface area contributed by atoms with Crippen LogP contribution in [0.4, 0.5) is 4.79 Å². The van der Waals surface area contributed by atoms with E-state index >= 15 is 0 Å². The van der Waals surface area contributed by atoms with Crippen LogP contribution in [0.2, 0.25) is 0 Å². The molecule has 1 aliphatic rings. The topological polar surface area (TPSA) is 59.5 Å². The third kappa shape index (κ3) is 4.29. The number of piperidine rings is 1. The van der Waals surface area contributed by atoms with Crippen LogP contribution in [0.5, 0.6) is 0 Å². The number of rotatable bonds is 3. The van der Waals surface area contributed by atoms with Gasteiger partial charge in [-0.2, -0.15) is 0 Å². The first-order chi connectivity index (χ1) is 10.3. The monoisotopic (exact) mass is 304 g/mol. The van der Waals surface area contributed by atoms with Crippen molar-refractivity contribution in [2.45, 2.75) is 45.6 Å². The van der Waals surface area contributed by atoms with Gasteiger partial charge < -0.3 is 14.4 Å². The van der Waals surface area contributed by atoms with Gasteiger partial charge in [0.25, 0.3) is 0 Å². The molecule has 1 amide bonds. The fourth-order valence-electron chi connectivity index (χ4n) is 2.71. The SMILES string of the molecule is CC(C)(C)OC(=O)N1CCC(C=O)(Cc2cccnc2)CC1. The third-order valence-corrected chi connectivity index (χ3v) is 3.94. The predicted molar refractivity (Wildman–Crippen MR) is 83.5 cm³/mol. The zero-order valence-electron chi connectivity index (χ0n) is 13.5. The quantitative estimate of drug-likeness (QED) is 0.806. The number of likely N-dealkylation sites (tertiary alicyclic amines) is 1. The normalized spacial score (nSPS) is 17.9. The second-order valence-corrected chi connectivity index (χ2v) is 6.99. The minimum atomic E-state index is -0.494. The van der Waals surface area contributed by atoms with E-state index in [1.807, 2.05) is 32.9 Å². The lowest BCUT2D eigenvalue weighted by Gasteiger charge is -2.38. The Hall–Kier alpha value is -1.91. The molecular formula is C17H24N2O3. The second kappa shape index (κ2) is 6.46. The van der Waals surface area contributed by atoms with Gasteiger partial charge in [0.2, 0.25) is 0 Å². The molecule has 0 bridgehead atoms. The van der Waals surface area contributed by atoms with Crippen LogP contribution in [0.15, 0.2) is 24.5 Å². The molecule has 2 heterocycles. The molecule has 0 atom stereocenters. The summed E-state index contributed by atoms with van der Waals surface area (Å²) in [4.78, 5) is 29.5. The maximum Gasteiger partial charge on any atom is 0.410 e. The van der Waals surface area contributed by atoms with Crippen molar-refractivity contribution >= 4 is 12.4 Å². The van der Waals surface area contributed by atoms with Gasteiger partial charge in [0.05, 0.1) is 0 Å². The number of ether oxygens (including phenoxy) is 1. The van der Waals surface area contributed by atoms with Crippen LogP contribution in [0, 0.1) is 5.41 Å². The third-order valence-electron chi connectivity index (χ3n) is 3.94. The van der Waals surface area contributed by atoms with E-state index in [1.165, 1.54) is 0 Å². The van der Waals surface area contributed by atoms with Crippen molar-refractivity contribution < 1.29 is 14.3 Å². The summed E-state index contributed by atoms with van der Waals surface area (Å²) >= 11 is 0. The van der Waals surface area contributed by atoms with Crippen LogP contribution < -0.4 is 0 Å². The Morgan fingerprint density at radius 2 is 2.09 bits per heavy atom. The summed E-state index contributed by atoms with van der Waals surface area (Å²) in [5.74, 6) is 0. The van der Waals surface area contributed by atoms with Gasteiger partial charge in [-0.15, -0.1) is 0 Å². The van der Waals surface area contributed by atoms with Crippen molar-refractivity contribution in [3.8, 4) is 0 Å². The molecule has 120 valence electrons. The smallest absolute Gasteiger partial charge is 0.410 e. The lowest BCUT2D eigenvalue weighted by Crippen LogP contribution is -2.46. The van der Waals surface area contributed by atoms with Gasteiger partial charge >= 0.3 is 6.09 Å². The number of amides is 1. The van der Waals surface area contributed by atoms with Crippen molar-refractivity contribution in [2.75, 3.05) is 13.1 Å². The molecule has 5 nitrogen and oxygen atoms in total. The van der Waals surface area contributed by atoms with E-state index in [4.69, 9.17) is 4.74 Å². The first kappa shape index (κ1) is 16.5. The Bertz CT molecular complexity index is 514. The van der Waals surface area contributed by atoms with Crippen molar-refractivity contribution in [1.29, 1.82) is 0 Å². The summed E-state index contributed by atoms with van der Waals surface area (Å²) in [6.07, 6.45) is 6.26. The van der Waals surface area contributed by atoms with Crippen molar-refractivity contribution in [3.05, 3.63) is 30.1 Å². The van der Waals surface area contributed by atoms with Gasteiger partial charge in [-0.05, 0) is 51.7 Å². The molecule has 22 heavy (non-hydrogen) atoms. The molecule has 2 rings (SSSR count). The number of aldehydes is 1. The molecule has 1 aromatic heterocycles.